The number of carbonyl (C=O) groups excluding carboxylic acids is 1. The van der Waals surface area contributed by atoms with E-state index in [9.17, 15) is 9.59 Å². The monoisotopic (exact) mass is 271 g/mol. The smallest absolute Gasteiger partial charge is 0.317 e. The molecule has 0 aromatic heterocycles. The van der Waals surface area contributed by atoms with Gasteiger partial charge < -0.3 is 20.2 Å². The molecular formula is C13H25N3O3. The summed E-state index contributed by atoms with van der Waals surface area (Å²) >= 11 is 0. The van der Waals surface area contributed by atoms with Crippen LogP contribution in [0.5, 0.6) is 0 Å². The van der Waals surface area contributed by atoms with Gasteiger partial charge in [-0.05, 0) is 33.4 Å². The third-order valence-electron chi connectivity index (χ3n) is 3.68. The highest BCUT2D eigenvalue weighted by molar-refractivity contribution is 5.75. The van der Waals surface area contributed by atoms with E-state index in [0.29, 0.717) is 18.4 Å². The number of carbonyl (C=O) groups is 2. The van der Waals surface area contributed by atoms with E-state index in [4.69, 9.17) is 5.11 Å². The van der Waals surface area contributed by atoms with Gasteiger partial charge in [-0.25, -0.2) is 4.79 Å². The van der Waals surface area contributed by atoms with E-state index in [-0.39, 0.29) is 18.5 Å². The third-order valence-corrected chi connectivity index (χ3v) is 3.68. The lowest BCUT2D eigenvalue weighted by Crippen LogP contribution is -2.44. The second kappa shape index (κ2) is 6.75. The molecule has 1 saturated heterocycles. The van der Waals surface area contributed by atoms with Gasteiger partial charge in [-0.2, -0.15) is 0 Å². The van der Waals surface area contributed by atoms with Crippen LogP contribution in [-0.2, 0) is 4.79 Å². The van der Waals surface area contributed by atoms with Crippen LogP contribution in [0.25, 0.3) is 0 Å². The summed E-state index contributed by atoms with van der Waals surface area (Å²) in [6, 6.07) is 0.187. The number of urea groups is 1. The maximum Gasteiger partial charge on any atom is 0.317 e. The number of likely N-dealkylation sites (N-methyl/N-ethyl adjacent to an activating group) is 1. The average molecular weight is 271 g/mol. The Bertz CT molecular complexity index is 333. The van der Waals surface area contributed by atoms with Crippen molar-refractivity contribution in [3.63, 3.8) is 0 Å². The van der Waals surface area contributed by atoms with Crippen molar-refractivity contribution in [3.8, 4) is 0 Å². The van der Waals surface area contributed by atoms with Crippen LogP contribution in [0.2, 0.25) is 0 Å². The Morgan fingerprint density at radius 1 is 1.42 bits per heavy atom. The number of carboxylic acids is 1. The molecule has 0 aromatic carbocycles. The Morgan fingerprint density at radius 3 is 2.53 bits per heavy atom. The quantitative estimate of drug-likeness (QED) is 0.777. The van der Waals surface area contributed by atoms with Crippen LogP contribution in [0.3, 0.4) is 0 Å². The van der Waals surface area contributed by atoms with E-state index in [1.807, 2.05) is 25.9 Å². The molecule has 1 aliphatic heterocycles. The van der Waals surface area contributed by atoms with Crippen LogP contribution >= 0.6 is 0 Å². The zero-order valence-electron chi connectivity index (χ0n) is 12.2. The molecule has 0 aromatic rings. The summed E-state index contributed by atoms with van der Waals surface area (Å²) in [6.07, 6.45) is 0.541. The molecule has 1 fully saturated rings. The summed E-state index contributed by atoms with van der Waals surface area (Å²) in [5.74, 6) is -0.376. The second-order valence-electron chi connectivity index (χ2n) is 5.70. The van der Waals surface area contributed by atoms with E-state index < -0.39 is 5.97 Å². The first-order chi connectivity index (χ1) is 8.81. The van der Waals surface area contributed by atoms with Crippen molar-refractivity contribution >= 4 is 12.0 Å². The molecule has 0 saturated carbocycles. The first kappa shape index (κ1) is 15.8. The van der Waals surface area contributed by atoms with Crippen molar-refractivity contribution in [3.05, 3.63) is 0 Å². The number of rotatable bonds is 5. The number of hydrogen-bond acceptors (Lipinski definition) is 3. The minimum atomic E-state index is -0.830. The number of amides is 2. The zero-order chi connectivity index (χ0) is 14.6. The first-order valence-corrected chi connectivity index (χ1v) is 6.75. The Labute approximate surface area is 114 Å². The molecule has 1 rings (SSSR count). The Hall–Kier alpha value is -1.30. The van der Waals surface area contributed by atoms with E-state index in [1.54, 1.807) is 0 Å². The summed E-state index contributed by atoms with van der Waals surface area (Å²) in [6.45, 7) is 5.46. The molecule has 19 heavy (non-hydrogen) atoms. The van der Waals surface area contributed by atoms with Crippen LogP contribution in [0, 0.1) is 5.92 Å². The molecule has 1 aliphatic rings. The molecule has 3 unspecified atom stereocenters. The van der Waals surface area contributed by atoms with Crippen molar-refractivity contribution in [2.24, 2.45) is 5.92 Å². The molecule has 6 nitrogen and oxygen atoms in total. The Morgan fingerprint density at radius 2 is 2.05 bits per heavy atom. The van der Waals surface area contributed by atoms with Gasteiger partial charge in [-0.15, -0.1) is 0 Å². The molecule has 0 aliphatic carbocycles. The lowest BCUT2D eigenvalue weighted by molar-refractivity contribution is -0.137. The molecule has 110 valence electrons. The standard InChI is InChI=1S/C13H25N3O3/c1-9-7-16(8-11(9)15(3)4)13(19)14-10(2)5-6-12(17)18/h9-11H,5-8H2,1-4H3,(H,14,19)(H,17,18). The largest absolute Gasteiger partial charge is 0.481 e. The van der Waals surface area contributed by atoms with Crippen molar-refractivity contribution < 1.29 is 14.7 Å². The third kappa shape index (κ3) is 4.70. The van der Waals surface area contributed by atoms with Crippen molar-refractivity contribution in [2.45, 2.75) is 38.8 Å². The number of hydrogen-bond donors (Lipinski definition) is 2. The van der Waals surface area contributed by atoms with Gasteiger partial charge in [-0.1, -0.05) is 6.92 Å². The van der Waals surface area contributed by atoms with Crippen molar-refractivity contribution in [1.29, 1.82) is 0 Å². The highest BCUT2D eigenvalue weighted by atomic mass is 16.4. The number of aliphatic carboxylic acids is 1. The fraction of sp³-hybridized carbons (Fsp3) is 0.846. The summed E-state index contributed by atoms with van der Waals surface area (Å²) < 4.78 is 0. The number of nitrogens with zero attached hydrogens (tertiary/aromatic N) is 2. The van der Waals surface area contributed by atoms with Gasteiger partial charge in [0.05, 0.1) is 0 Å². The predicted molar refractivity (Wildman–Crippen MR) is 73.1 cm³/mol. The van der Waals surface area contributed by atoms with Gasteiger partial charge in [0.1, 0.15) is 0 Å². The van der Waals surface area contributed by atoms with E-state index in [0.717, 1.165) is 13.1 Å². The highest BCUT2D eigenvalue weighted by Gasteiger charge is 2.33. The fourth-order valence-electron chi connectivity index (χ4n) is 2.50. The van der Waals surface area contributed by atoms with Crippen molar-refractivity contribution in [1.82, 2.24) is 15.1 Å². The topological polar surface area (TPSA) is 72.9 Å². The van der Waals surface area contributed by atoms with Gasteiger partial charge in [0, 0.05) is 31.6 Å². The number of nitrogens with one attached hydrogen (secondary N) is 1. The lowest BCUT2D eigenvalue weighted by atomic mass is 10.1. The minimum absolute atomic E-state index is 0.0815. The summed E-state index contributed by atoms with van der Waals surface area (Å²) in [4.78, 5) is 26.5. The highest BCUT2D eigenvalue weighted by Crippen LogP contribution is 2.19. The van der Waals surface area contributed by atoms with E-state index in [1.165, 1.54) is 0 Å². The SMILES string of the molecule is CC(CCC(=O)O)NC(=O)N1CC(C)C(N(C)C)C1. The maximum absolute atomic E-state index is 12.1. The molecule has 0 bridgehead atoms. The normalized spacial score (nSPS) is 24.6. The number of carboxylic acid groups (broad SMARTS) is 1. The maximum atomic E-state index is 12.1. The molecule has 0 spiro atoms. The summed E-state index contributed by atoms with van der Waals surface area (Å²) in [5.41, 5.74) is 0. The van der Waals surface area contributed by atoms with Gasteiger partial charge in [-0.3, -0.25) is 4.79 Å². The average Bonchev–Trinajstić information content (AvgIpc) is 2.69. The molecule has 6 heteroatoms. The van der Waals surface area contributed by atoms with Crippen molar-refractivity contribution in [2.75, 3.05) is 27.2 Å². The van der Waals surface area contributed by atoms with Gasteiger partial charge in [0.25, 0.3) is 0 Å². The lowest BCUT2D eigenvalue weighted by Gasteiger charge is -2.23. The molecule has 2 amide bonds. The van der Waals surface area contributed by atoms with Gasteiger partial charge in [0.2, 0.25) is 0 Å². The van der Waals surface area contributed by atoms with E-state index in [2.05, 4.69) is 17.1 Å². The van der Waals surface area contributed by atoms with Gasteiger partial charge in [0.15, 0.2) is 0 Å². The Balaban J connectivity index is 2.40. The summed E-state index contributed by atoms with van der Waals surface area (Å²) in [5, 5.41) is 11.5. The molecule has 2 N–H and O–H groups in total. The van der Waals surface area contributed by atoms with Crippen LogP contribution < -0.4 is 5.32 Å². The zero-order valence-corrected chi connectivity index (χ0v) is 12.2. The van der Waals surface area contributed by atoms with Crippen LogP contribution in [0.1, 0.15) is 26.7 Å². The van der Waals surface area contributed by atoms with Crippen LogP contribution in [0.15, 0.2) is 0 Å². The predicted octanol–water partition coefficient (Wildman–Crippen LogP) is 0.831. The minimum Gasteiger partial charge on any atom is -0.481 e. The van der Waals surface area contributed by atoms with Crippen LogP contribution in [-0.4, -0.2) is 66.2 Å². The Kier molecular flexibility index (Phi) is 5.60. The second-order valence-corrected chi connectivity index (χ2v) is 5.70. The first-order valence-electron chi connectivity index (χ1n) is 6.75. The molecule has 1 heterocycles. The molecule has 0 radical (unpaired) electrons. The molecule has 3 atom stereocenters. The summed E-state index contributed by atoms with van der Waals surface area (Å²) in [7, 11) is 4.05. The molecular weight excluding hydrogens is 246 g/mol. The van der Waals surface area contributed by atoms with E-state index >= 15 is 0 Å². The van der Waals surface area contributed by atoms with Crippen LogP contribution in [0.4, 0.5) is 4.79 Å². The number of likely N-dealkylation sites (tertiary alicyclic amines) is 1. The fourth-order valence-corrected chi connectivity index (χ4v) is 2.50. The van der Waals surface area contributed by atoms with Gasteiger partial charge >= 0.3 is 12.0 Å².